The van der Waals surface area contributed by atoms with Crippen LogP contribution in [0.25, 0.3) is 0 Å². The summed E-state index contributed by atoms with van der Waals surface area (Å²) in [7, 11) is 0. The topological polar surface area (TPSA) is 12.5 Å². The minimum atomic E-state index is 0.613. The number of halogens is 1. The first kappa shape index (κ1) is 9.00. The highest BCUT2D eigenvalue weighted by atomic mass is 35.5. The zero-order valence-electron chi connectivity index (χ0n) is 7.37. The summed E-state index contributed by atoms with van der Waals surface area (Å²) >= 11 is 5.64. The van der Waals surface area contributed by atoms with Crippen LogP contribution in [0.3, 0.4) is 0 Å². The normalized spacial score (nSPS) is 17.0. The molecule has 0 aromatic heterocycles. The van der Waals surface area contributed by atoms with E-state index in [1.165, 1.54) is 11.1 Å². The van der Waals surface area contributed by atoms with E-state index in [1.54, 1.807) is 0 Å². The smallest absolute Gasteiger partial charge is 0.0939 e. The van der Waals surface area contributed by atoms with E-state index in [2.05, 4.69) is 18.2 Å². The minimum Gasteiger partial charge on any atom is -0.294 e. The Kier molecular flexibility index (Phi) is 2.83. The Morgan fingerprint density at radius 2 is 2.08 bits per heavy atom. The van der Waals surface area contributed by atoms with Crippen LogP contribution >= 0.6 is 11.6 Å². The van der Waals surface area contributed by atoms with Crippen LogP contribution in [0.1, 0.15) is 11.1 Å². The number of nitrogens with zero attached hydrogens (tertiary/aromatic N) is 1. The maximum absolute atomic E-state index is 5.64. The molecule has 70 valence electrons. The Labute approximate surface area is 83.0 Å². The number of hydrogen-bond donors (Lipinski definition) is 0. The van der Waals surface area contributed by atoms with Gasteiger partial charge in [-0.1, -0.05) is 24.3 Å². The average Bonchev–Trinajstić information content (AvgIpc) is 2.18. The molecule has 0 fully saturated rings. The minimum absolute atomic E-state index is 0.613. The van der Waals surface area contributed by atoms with E-state index >= 15 is 0 Å². The van der Waals surface area contributed by atoms with Crippen LogP contribution in [-0.2, 0) is 18.0 Å². The van der Waals surface area contributed by atoms with Gasteiger partial charge >= 0.3 is 0 Å². The van der Waals surface area contributed by atoms with Crippen molar-refractivity contribution in [1.29, 1.82) is 0 Å². The monoisotopic (exact) mass is 197 g/mol. The van der Waals surface area contributed by atoms with Crippen molar-refractivity contribution in [1.82, 2.24) is 5.06 Å². The first-order valence-corrected chi connectivity index (χ1v) is 4.94. The van der Waals surface area contributed by atoms with Crippen molar-refractivity contribution < 1.29 is 4.84 Å². The highest BCUT2D eigenvalue weighted by molar-refractivity contribution is 6.18. The summed E-state index contributed by atoms with van der Waals surface area (Å²) in [6, 6.07) is 8.34. The number of hydroxylamine groups is 2. The van der Waals surface area contributed by atoms with E-state index in [-0.39, 0.29) is 0 Å². The van der Waals surface area contributed by atoms with Crippen molar-refractivity contribution in [3.63, 3.8) is 0 Å². The average molecular weight is 198 g/mol. The maximum Gasteiger partial charge on any atom is 0.0939 e. The van der Waals surface area contributed by atoms with Gasteiger partial charge in [0.15, 0.2) is 0 Å². The molecule has 0 saturated heterocycles. The van der Waals surface area contributed by atoms with Crippen LogP contribution in [0.15, 0.2) is 24.3 Å². The molecule has 1 heterocycles. The molecule has 0 radical (unpaired) electrons. The first-order valence-electron chi connectivity index (χ1n) is 4.41. The van der Waals surface area contributed by atoms with E-state index < -0.39 is 0 Å². The molecular formula is C10H12ClNO. The first-order chi connectivity index (χ1) is 6.40. The molecule has 0 amide bonds. The molecular weight excluding hydrogens is 186 g/mol. The Hall–Kier alpha value is -0.570. The van der Waals surface area contributed by atoms with Crippen molar-refractivity contribution in [2.75, 3.05) is 12.4 Å². The SMILES string of the molecule is ClCCN1Cc2ccccc2CO1. The van der Waals surface area contributed by atoms with Gasteiger partial charge in [0.25, 0.3) is 0 Å². The quantitative estimate of drug-likeness (QED) is 0.674. The zero-order valence-corrected chi connectivity index (χ0v) is 8.13. The summed E-state index contributed by atoms with van der Waals surface area (Å²) in [5.41, 5.74) is 2.63. The van der Waals surface area contributed by atoms with Crippen LogP contribution in [0.2, 0.25) is 0 Å². The second-order valence-corrected chi connectivity index (χ2v) is 3.47. The third-order valence-electron chi connectivity index (χ3n) is 2.20. The maximum atomic E-state index is 5.64. The highest BCUT2D eigenvalue weighted by Gasteiger charge is 2.14. The van der Waals surface area contributed by atoms with Crippen LogP contribution in [0, 0.1) is 0 Å². The molecule has 1 aliphatic rings. The van der Waals surface area contributed by atoms with Gasteiger partial charge in [-0.05, 0) is 11.1 Å². The van der Waals surface area contributed by atoms with Gasteiger partial charge in [0.2, 0.25) is 0 Å². The predicted molar refractivity (Wildman–Crippen MR) is 52.4 cm³/mol. The van der Waals surface area contributed by atoms with Crippen LogP contribution in [0.5, 0.6) is 0 Å². The molecule has 2 nitrogen and oxygen atoms in total. The Morgan fingerprint density at radius 1 is 1.31 bits per heavy atom. The van der Waals surface area contributed by atoms with Gasteiger partial charge in [-0.25, -0.2) is 0 Å². The van der Waals surface area contributed by atoms with Crippen LogP contribution < -0.4 is 0 Å². The zero-order chi connectivity index (χ0) is 9.10. The summed E-state index contributed by atoms with van der Waals surface area (Å²) in [4.78, 5) is 5.49. The molecule has 0 N–H and O–H groups in total. The third-order valence-corrected chi connectivity index (χ3v) is 2.37. The molecule has 0 bridgehead atoms. The Morgan fingerprint density at radius 3 is 2.85 bits per heavy atom. The fourth-order valence-corrected chi connectivity index (χ4v) is 1.68. The lowest BCUT2D eigenvalue weighted by molar-refractivity contribution is -0.183. The van der Waals surface area contributed by atoms with Crippen LogP contribution in [-0.4, -0.2) is 17.5 Å². The highest BCUT2D eigenvalue weighted by Crippen LogP contribution is 2.18. The summed E-state index contributed by atoms with van der Waals surface area (Å²) in [5.74, 6) is 0.613. The summed E-state index contributed by atoms with van der Waals surface area (Å²) in [6.07, 6.45) is 0. The lowest BCUT2D eigenvalue weighted by Gasteiger charge is -2.27. The Balaban J connectivity index is 2.11. The van der Waals surface area contributed by atoms with Crippen molar-refractivity contribution in [2.24, 2.45) is 0 Å². The summed E-state index contributed by atoms with van der Waals surface area (Å²) in [6.45, 7) is 2.31. The summed E-state index contributed by atoms with van der Waals surface area (Å²) in [5, 5.41) is 1.91. The van der Waals surface area contributed by atoms with Gasteiger partial charge in [-0.3, -0.25) is 4.84 Å². The molecule has 1 aromatic carbocycles. The lowest BCUT2D eigenvalue weighted by Crippen LogP contribution is -2.29. The molecule has 0 unspecified atom stereocenters. The van der Waals surface area contributed by atoms with Crippen molar-refractivity contribution in [3.05, 3.63) is 35.4 Å². The van der Waals surface area contributed by atoms with E-state index in [0.717, 1.165) is 13.1 Å². The van der Waals surface area contributed by atoms with Gasteiger partial charge < -0.3 is 0 Å². The molecule has 0 saturated carbocycles. The van der Waals surface area contributed by atoms with Gasteiger partial charge in [-0.15, -0.1) is 11.6 Å². The van der Waals surface area contributed by atoms with Crippen molar-refractivity contribution >= 4 is 11.6 Å². The van der Waals surface area contributed by atoms with Crippen molar-refractivity contribution in [3.8, 4) is 0 Å². The van der Waals surface area contributed by atoms with E-state index in [1.807, 2.05) is 11.1 Å². The molecule has 0 spiro atoms. The molecule has 3 heteroatoms. The van der Waals surface area contributed by atoms with Crippen molar-refractivity contribution in [2.45, 2.75) is 13.2 Å². The Bertz CT molecular complexity index is 290. The van der Waals surface area contributed by atoms with Gasteiger partial charge in [0.1, 0.15) is 0 Å². The molecule has 13 heavy (non-hydrogen) atoms. The number of hydrogen-bond acceptors (Lipinski definition) is 2. The molecule has 0 atom stereocenters. The van der Waals surface area contributed by atoms with Gasteiger partial charge in [-0.2, -0.15) is 5.06 Å². The number of fused-ring (bicyclic) bond motifs is 1. The standard InChI is InChI=1S/C10H12ClNO/c11-5-6-12-7-9-3-1-2-4-10(9)8-13-12/h1-4H,5-8H2. The molecule has 2 rings (SSSR count). The van der Waals surface area contributed by atoms with E-state index in [0.29, 0.717) is 12.5 Å². The van der Waals surface area contributed by atoms with Gasteiger partial charge in [0.05, 0.1) is 6.61 Å². The second-order valence-electron chi connectivity index (χ2n) is 3.09. The largest absolute Gasteiger partial charge is 0.294 e. The van der Waals surface area contributed by atoms with Crippen LogP contribution in [0.4, 0.5) is 0 Å². The molecule has 1 aliphatic heterocycles. The fourth-order valence-electron chi connectivity index (χ4n) is 1.49. The predicted octanol–water partition coefficient (Wildman–Crippen LogP) is 2.17. The van der Waals surface area contributed by atoms with E-state index in [9.17, 15) is 0 Å². The molecule has 1 aromatic rings. The number of benzene rings is 1. The lowest BCUT2D eigenvalue weighted by atomic mass is 10.1. The van der Waals surface area contributed by atoms with Gasteiger partial charge in [0, 0.05) is 19.0 Å². The number of rotatable bonds is 2. The molecule has 0 aliphatic carbocycles. The van der Waals surface area contributed by atoms with E-state index in [4.69, 9.17) is 16.4 Å². The fraction of sp³-hybridized carbons (Fsp3) is 0.400. The third kappa shape index (κ3) is 2.02. The second kappa shape index (κ2) is 4.09. The summed E-state index contributed by atoms with van der Waals surface area (Å²) < 4.78 is 0. The number of alkyl halides is 1.